The van der Waals surface area contributed by atoms with Crippen LogP contribution in [0.3, 0.4) is 0 Å². The van der Waals surface area contributed by atoms with E-state index in [1.807, 2.05) is 65.1 Å². The average molecular weight is 517 g/mol. The van der Waals surface area contributed by atoms with E-state index in [1.54, 1.807) is 18.2 Å². The molecule has 0 unspecified atom stereocenters. The van der Waals surface area contributed by atoms with Crippen LogP contribution < -0.4 is 4.74 Å². The van der Waals surface area contributed by atoms with Gasteiger partial charge in [-0.2, -0.15) is 0 Å². The van der Waals surface area contributed by atoms with Gasteiger partial charge in [-0.25, -0.2) is 0 Å². The van der Waals surface area contributed by atoms with Crippen molar-refractivity contribution >= 4 is 62.3 Å². The standard InChI is InChI=1S/C22H16INO4S/c1-28-18-10-13(9-17(23)20(18)25)11-19-21(26)24(22(27)29-19)12-15-7-4-6-14-5-2-3-8-16(14)15/h2-11,25H,12H2,1H3/b19-11+. The van der Waals surface area contributed by atoms with Crippen LogP contribution in [0.1, 0.15) is 11.1 Å². The summed E-state index contributed by atoms with van der Waals surface area (Å²) in [5, 5.41) is 11.8. The van der Waals surface area contributed by atoms with Crippen molar-refractivity contribution in [1.82, 2.24) is 4.90 Å². The molecule has 0 atom stereocenters. The van der Waals surface area contributed by atoms with Crippen molar-refractivity contribution < 1.29 is 19.4 Å². The number of halogens is 1. The number of ether oxygens (including phenoxy) is 1. The Labute approximate surface area is 185 Å². The molecule has 0 radical (unpaired) electrons. The molecule has 3 aromatic rings. The number of fused-ring (bicyclic) bond motifs is 1. The van der Waals surface area contributed by atoms with Gasteiger partial charge in [-0.3, -0.25) is 14.5 Å². The molecule has 7 heteroatoms. The minimum atomic E-state index is -0.324. The molecular weight excluding hydrogens is 501 g/mol. The van der Waals surface area contributed by atoms with Gasteiger partial charge in [0.15, 0.2) is 11.5 Å². The molecule has 1 heterocycles. The summed E-state index contributed by atoms with van der Waals surface area (Å²) < 4.78 is 5.77. The van der Waals surface area contributed by atoms with Gasteiger partial charge in [-0.05, 0) is 74.5 Å². The number of amides is 2. The predicted octanol–water partition coefficient (Wildman–Crippen LogP) is 5.40. The summed E-state index contributed by atoms with van der Waals surface area (Å²) in [6, 6.07) is 17.1. The van der Waals surface area contributed by atoms with Gasteiger partial charge in [0, 0.05) is 0 Å². The van der Waals surface area contributed by atoms with E-state index in [0.717, 1.165) is 28.1 Å². The Morgan fingerprint density at radius 2 is 1.90 bits per heavy atom. The van der Waals surface area contributed by atoms with Crippen LogP contribution in [0.5, 0.6) is 11.5 Å². The molecule has 146 valence electrons. The molecule has 4 rings (SSSR count). The lowest BCUT2D eigenvalue weighted by molar-refractivity contribution is -0.123. The Hall–Kier alpha value is -2.52. The van der Waals surface area contributed by atoms with Crippen LogP contribution in [0.2, 0.25) is 0 Å². The van der Waals surface area contributed by atoms with Crippen LogP contribution in [0.4, 0.5) is 4.79 Å². The molecule has 0 saturated carbocycles. The molecule has 0 aliphatic carbocycles. The fraction of sp³-hybridized carbons (Fsp3) is 0.0909. The third-order valence-electron chi connectivity index (χ3n) is 4.65. The first kappa shape index (κ1) is 19.8. The molecule has 1 saturated heterocycles. The lowest BCUT2D eigenvalue weighted by Crippen LogP contribution is -2.27. The van der Waals surface area contributed by atoms with Crippen LogP contribution in [0.25, 0.3) is 16.8 Å². The smallest absolute Gasteiger partial charge is 0.293 e. The van der Waals surface area contributed by atoms with Crippen LogP contribution >= 0.6 is 34.4 Å². The van der Waals surface area contributed by atoms with Crippen molar-refractivity contribution in [2.45, 2.75) is 6.54 Å². The van der Waals surface area contributed by atoms with Crippen molar-refractivity contribution in [3.05, 3.63) is 74.2 Å². The zero-order chi connectivity index (χ0) is 20.5. The van der Waals surface area contributed by atoms with E-state index in [4.69, 9.17) is 4.74 Å². The Bertz CT molecular complexity index is 1170. The first-order valence-electron chi connectivity index (χ1n) is 8.76. The second kappa shape index (κ2) is 8.08. The highest BCUT2D eigenvalue weighted by Crippen LogP contribution is 2.37. The van der Waals surface area contributed by atoms with Crippen LogP contribution in [-0.2, 0) is 11.3 Å². The average Bonchev–Trinajstić information content (AvgIpc) is 2.98. The summed E-state index contributed by atoms with van der Waals surface area (Å²) in [6.07, 6.45) is 1.65. The summed E-state index contributed by atoms with van der Waals surface area (Å²) in [5.41, 5.74) is 1.60. The lowest BCUT2D eigenvalue weighted by atomic mass is 10.0. The van der Waals surface area contributed by atoms with Gasteiger partial charge in [0.2, 0.25) is 0 Å². The van der Waals surface area contributed by atoms with Gasteiger partial charge in [-0.15, -0.1) is 0 Å². The van der Waals surface area contributed by atoms with Crippen molar-refractivity contribution in [1.29, 1.82) is 0 Å². The number of carbonyl (C=O) groups excluding carboxylic acids is 2. The van der Waals surface area contributed by atoms with E-state index in [-0.39, 0.29) is 23.4 Å². The second-order valence-electron chi connectivity index (χ2n) is 6.46. The summed E-state index contributed by atoms with van der Waals surface area (Å²) in [4.78, 5) is 27.0. The number of nitrogens with zero attached hydrogens (tertiary/aromatic N) is 1. The number of phenolic OH excluding ortho intramolecular Hbond substituents is 1. The maximum Gasteiger partial charge on any atom is 0.293 e. The van der Waals surface area contributed by atoms with Gasteiger partial charge < -0.3 is 9.84 Å². The number of imide groups is 1. The number of hydrogen-bond acceptors (Lipinski definition) is 5. The maximum atomic E-state index is 12.9. The van der Waals surface area contributed by atoms with Crippen molar-refractivity contribution in [3.63, 3.8) is 0 Å². The van der Waals surface area contributed by atoms with Gasteiger partial charge in [0.25, 0.3) is 11.1 Å². The van der Waals surface area contributed by atoms with Crippen LogP contribution in [0.15, 0.2) is 59.5 Å². The summed E-state index contributed by atoms with van der Waals surface area (Å²) >= 11 is 2.91. The number of carbonyl (C=O) groups is 2. The summed E-state index contributed by atoms with van der Waals surface area (Å²) in [5.74, 6) is 0.0439. The molecule has 3 aromatic carbocycles. The zero-order valence-corrected chi connectivity index (χ0v) is 18.4. The number of methoxy groups -OCH3 is 1. The van der Waals surface area contributed by atoms with Crippen molar-refractivity contribution in [2.24, 2.45) is 0 Å². The first-order chi connectivity index (χ1) is 14.0. The molecule has 1 aliphatic rings. The number of rotatable bonds is 4. The number of phenols is 1. The quantitative estimate of drug-likeness (QED) is 0.371. The molecule has 1 fully saturated rings. The maximum absolute atomic E-state index is 12.9. The highest BCUT2D eigenvalue weighted by Gasteiger charge is 2.35. The fourth-order valence-electron chi connectivity index (χ4n) is 3.22. The molecular formula is C22H16INO4S. The molecule has 5 nitrogen and oxygen atoms in total. The lowest BCUT2D eigenvalue weighted by Gasteiger charge is -2.14. The van der Waals surface area contributed by atoms with Gasteiger partial charge in [-0.1, -0.05) is 42.5 Å². The summed E-state index contributed by atoms with van der Waals surface area (Å²) in [7, 11) is 1.47. The zero-order valence-electron chi connectivity index (χ0n) is 15.4. The highest BCUT2D eigenvalue weighted by molar-refractivity contribution is 14.1. The van der Waals surface area contributed by atoms with Gasteiger partial charge in [0.05, 0.1) is 22.1 Å². The van der Waals surface area contributed by atoms with E-state index < -0.39 is 0 Å². The normalized spacial score (nSPS) is 15.5. The summed E-state index contributed by atoms with van der Waals surface area (Å²) in [6.45, 7) is 0.222. The van der Waals surface area contributed by atoms with E-state index in [1.165, 1.54) is 12.0 Å². The molecule has 0 spiro atoms. The molecule has 1 aliphatic heterocycles. The number of benzene rings is 3. The number of hydrogen-bond donors (Lipinski definition) is 1. The molecule has 0 aromatic heterocycles. The topological polar surface area (TPSA) is 66.8 Å². The van der Waals surface area contributed by atoms with Crippen LogP contribution in [-0.4, -0.2) is 28.3 Å². The van der Waals surface area contributed by atoms with E-state index in [0.29, 0.717) is 19.8 Å². The Kier molecular flexibility index (Phi) is 5.51. The number of thioether (sulfide) groups is 1. The van der Waals surface area contributed by atoms with Crippen LogP contribution in [0, 0.1) is 3.57 Å². The second-order valence-corrected chi connectivity index (χ2v) is 8.62. The molecule has 29 heavy (non-hydrogen) atoms. The minimum Gasteiger partial charge on any atom is -0.504 e. The SMILES string of the molecule is COc1cc(/C=C2/SC(=O)N(Cc3cccc4ccccc34)C2=O)cc(I)c1O. The van der Waals surface area contributed by atoms with Gasteiger partial charge >= 0.3 is 0 Å². The van der Waals surface area contributed by atoms with Gasteiger partial charge in [0.1, 0.15) is 0 Å². The van der Waals surface area contributed by atoms with Crippen molar-refractivity contribution in [3.8, 4) is 11.5 Å². The Balaban J connectivity index is 1.64. The predicted molar refractivity (Wildman–Crippen MR) is 123 cm³/mol. The Morgan fingerprint density at radius 1 is 1.14 bits per heavy atom. The first-order valence-corrected chi connectivity index (χ1v) is 10.7. The van der Waals surface area contributed by atoms with E-state index >= 15 is 0 Å². The van der Waals surface area contributed by atoms with E-state index in [2.05, 4.69) is 0 Å². The molecule has 1 N–H and O–H groups in total. The monoisotopic (exact) mass is 517 g/mol. The number of aromatic hydroxyl groups is 1. The van der Waals surface area contributed by atoms with Crippen molar-refractivity contribution in [2.75, 3.05) is 7.11 Å². The fourth-order valence-corrected chi connectivity index (χ4v) is 4.68. The third-order valence-corrected chi connectivity index (χ3v) is 6.38. The highest BCUT2D eigenvalue weighted by atomic mass is 127. The molecule has 0 bridgehead atoms. The minimum absolute atomic E-state index is 0.0503. The Morgan fingerprint density at radius 3 is 2.69 bits per heavy atom. The molecule has 2 amide bonds. The van der Waals surface area contributed by atoms with E-state index in [9.17, 15) is 14.7 Å². The largest absolute Gasteiger partial charge is 0.504 e. The third kappa shape index (κ3) is 3.84.